The van der Waals surface area contributed by atoms with Crippen LogP contribution in [0.25, 0.3) is 10.2 Å². The van der Waals surface area contributed by atoms with Crippen molar-refractivity contribution in [1.82, 2.24) is 4.98 Å². The first-order valence-corrected chi connectivity index (χ1v) is 5.03. The zero-order valence-corrected chi connectivity index (χ0v) is 8.67. The summed E-state index contributed by atoms with van der Waals surface area (Å²) in [4.78, 5) is 27.1. The maximum absolute atomic E-state index is 11.1. The second-order valence-electron chi connectivity index (χ2n) is 3.09. The van der Waals surface area contributed by atoms with E-state index < -0.39 is 5.97 Å². The van der Waals surface area contributed by atoms with Crippen LogP contribution >= 0.6 is 11.3 Å². The molecule has 2 rings (SSSR count). The van der Waals surface area contributed by atoms with Crippen LogP contribution in [0, 0.1) is 0 Å². The van der Waals surface area contributed by atoms with Gasteiger partial charge in [-0.05, 0) is 19.1 Å². The molecule has 0 atom stereocenters. The lowest BCUT2D eigenvalue weighted by Crippen LogP contribution is -1.95. The van der Waals surface area contributed by atoms with Crippen molar-refractivity contribution in [3.63, 3.8) is 0 Å². The van der Waals surface area contributed by atoms with E-state index in [1.54, 1.807) is 6.07 Å². The molecule has 0 amide bonds. The van der Waals surface area contributed by atoms with E-state index in [0.717, 1.165) is 0 Å². The summed E-state index contributed by atoms with van der Waals surface area (Å²) in [6.07, 6.45) is 1.30. The Morgan fingerprint density at radius 1 is 1.40 bits per heavy atom. The highest BCUT2D eigenvalue weighted by atomic mass is 32.1. The van der Waals surface area contributed by atoms with Crippen LogP contribution in [0.3, 0.4) is 0 Å². The quantitative estimate of drug-likeness (QED) is 0.789. The number of rotatable bonds is 2. The number of nitrogens with zero attached hydrogens (tertiary/aromatic N) is 1. The Morgan fingerprint density at radius 2 is 2.13 bits per heavy atom. The van der Waals surface area contributed by atoms with Crippen LogP contribution in [0.5, 0.6) is 0 Å². The maximum atomic E-state index is 11.1. The Labute approximate surface area is 89.2 Å². The normalized spacial score (nSPS) is 10.5. The number of thiophene rings is 1. The number of aromatic carboxylic acids is 1. The van der Waals surface area contributed by atoms with Gasteiger partial charge in [0, 0.05) is 11.6 Å². The number of Topliss-reactive ketones (excluding diaryl/α,β-unsaturated/α-hetero) is 1. The molecule has 0 aliphatic rings. The highest BCUT2D eigenvalue weighted by Gasteiger charge is 2.09. The minimum atomic E-state index is -1.01. The van der Waals surface area contributed by atoms with E-state index in [2.05, 4.69) is 4.98 Å². The summed E-state index contributed by atoms with van der Waals surface area (Å²) in [5, 5.41) is 9.46. The highest BCUT2D eigenvalue weighted by Crippen LogP contribution is 2.24. The monoisotopic (exact) mass is 221 g/mol. The first-order valence-electron chi connectivity index (χ1n) is 4.22. The van der Waals surface area contributed by atoms with E-state index in [1.807, 2.05) is 0 Å². The van der Waals surface area contributed by atoms with Gasteiger partial charge in [0.05, 0.1) is 10.4 Å². The molecule has 0 aliphatic carbocycles. The molecule has 76 valence electrons. The lowest BCUT2D eigenvalue weighted by Gasteiger charge is -1.92. The molecular formula is C10H7NO3S. The molecule has 0 bridgehead atoms. The number of carboxylic acids is 1. The zero-order chi connectivity index (χ0) is 11.0. The Kier molecular flexibility index (Phi) is 2.24. The van der Waals surface area contributed by atoms with Gasteiger partial charge in [-0.15, -0.1) is 11.3 Å². The predicted molar refractivity (Wildman–Crippen MR) is 56.6 cm³/mol. The highest BCUT2D eigenvalue weighted by molar-refractivity contribution is 7.20. The fraction of sp³-hybridized carbons (Fsp3) is 0.100. The molecule has 0 aliphatic heterocycles. The van der Waals surface area contributed by atoms with Crippen LogP contribution < -0.4 is 0 Å². The fourth-order valence-corrected chi connectivity index (χ4v) is 2.10. The van der Waals surface area contributed by atoms with Crippen molar-refractivity contribution in [1.29, 1.82) is 0 Å². The molecule has 15 heavy (non-hydrogen) atoms. The van der Waals surface area contributed by atoms with Gasteiger partial charge in [0.1, 0.15) is 4.83 Å². The van der Waals surface area contributed by atoms with Gasteiger partial charge in [-0.3, -0.25) is 4.79 Å². The molecule has 0 saturated heterocycles. The molecule has 0 spiro atoms. The van der Waals surface area contributed by atoms with Gasteiger partial charge < -0.3 is 5.11 Å². The second-order valence-corrected chi connectivity index (χ2v) is 4.12. The zero-order valence-electron chi connectivity index (χ0n) is 7.85. The molecule has 2 heterocycles. The van der Waals surface area contributed by atoms with Crippen LogP contribution in [0.2, 0.25) is 0 Å². The van der Waals surface area contributed by atoms with Gasteiger partial charge in [0.15, 0.2) is 5.78 Å². The molecular weight excluding hydrogens is 214 g/mol. The summed E-state index contributed by atoms with van der Waals surface area (Å²) in [6.45, 7) is 1.48. The van der Waals surface area contributed by atoms with E-state index >= 15 is 0 Å². The second kappa shape index (κ2) is 3.43. The van der Waals surface area contributed by atoms with Gasteiger partial charge in [-0.25, -0.2) is 9.78 Å². The summed E-state index contributed by atoms with van der Waals surface area (Å²) in [7, 11) is 0. The van der Waals surface area contributed by atoms with E-state index in [1.165, 1.54) is 30.5 Å². The van der Waals surface area contributed by atoms with Crippen molar-refractivity contribution in [3.8, 4) is 0 Å². The molecule has 0 fully saturated rings. The Bertz CT molecular complexity index is 547. The standard InChI is InChI=1S/C10H7NO3S/c1-5(12)8-3-6-2-7(10(13)14)4-11-9(6)15-8/h2-4H,1H3,(H,13,14). The molecule has 0 saturated carbocycles. The molecule has 1 N–H and O–H groups in total. The van der Waals surface area contributed by atoms with Crippen molar-refractivity contribution in [2.24, 2.45) is 0 Å². The largest absolute Gasteiger partial charge is 0.478 e. The molecule has 2 aromatic rings. The number of aromatic nitrogens is 1. The van der Waals surface area contributed by atoms with Gasteiger partial charge in [-0.1, -0.05) is 0 Å². The van der Waals surface area contributed by atoms with Gasteiger partial charge >= 0.3 is 5.97 Å². The lowest BCUT2D eigenvalue weighted by molar-refractivity contribution is 0.0696. The Balaban J connectivity index is 2.62. The topological polar surface area (TPSA) is 67.3 Å². The number of hydrogen-bond acceptors (Lipinski definition) is 4. The SMILES string of the molecule is CC(=O)c1cc2cc(C(=O)O)cnc2s1. The number of ketones is 1. The van der Waals surface area contributed by atoms with Crippen LogP contribution in [0.15, 0.2) is 18.3 Å². The summed E-state index contributed by atoms with van der Waals surface area (Å²) >= 11 is 1.27. The van der Waals surface area contributed by atoms with Crippen molar-refractivity contribution in [2.75, 3.05) is 0 Å². The van der Waals surface area contributed by atoms with Gasteiger partial charge in [-0.2, -0.15) is 0 Å². The summed E-state index contributed by atoms with van der Waals surface area (Å²) in [5.74, 6) is -1.05. The van der Waals surface area contributed by atoms with Gasteiger partial charge in [0.2, 0.25) is 0 Å². The molecule has 0 unspecified atom stereocenters. The fourth-order valence-electron chi connectivity index (χ4n) is 1.22. The van der Waals surface area contributed by atoms with Crippen molar-refractivity contribution >= 4 is 33.3 Å². The minimum Gasteiger partial charge on any atom is -0.478 e. The Morgan fingerprint density at radius 3 is 2.73 bits per heavy atom. The molecule has 4 nitrogen and oxygen atoms in total. The van der Waals surface area contributed by atoms with E-state index in [9.17, 15) is 9.59 Å². The first kappa shape index (κ1) is 9.79. The van der Waals surface area contributed by atoms with Crippen LogP contribution in [0.1, 0.15) is 27.0 Å². The van der Waals surface area contributed by atoms with Gasteiger partial charge in [0.25, 0.3) is 0 Å². The molecule has 5 heteroatoms. The van der Waals surface area contributed by atoms with Crippen molar-refractivity contribution in [3.05, 3.63) is 28.8 Å². The minimum absolute atomic E-state index is 0.0325. The lowest BCUT2D eigenvalue weighted by atomic mass is 10.2. The molecule has 0 aromatic carbocycles. The van der Waals surface area contributed by atoms with E-state index in [4.69, 9.17) is 5.11 Å². The number of carboxylic acid groups (broad SMARTS) is 1. The average molecular weight is 221 g/mol. The van der Waals surface area contributed by atoms with Crippen LogP contribution in [0.4, 0.5) is 0 Å². The molecule has 0 radical (unpaired) electrons. The predicted octanol–water partition coefficient (Wildman–Crippen LogP) is 2.20. The first-order chi connectivity index (χ1) is 7.08. The third-order valence-electron chi connectivity index (χ3n) is 1.97. The van der Waals surface area contributed by atoms with E-state index in [-0.39, 0.29) is 11.3 Å². The number of fused-ring (bicyclic) bond motifs is 1. The number of pyridine rings is 1. The van der Waals surface area contributed by atoms with Crippen LogP contribution in [-0.4, -0.2) is 21.8 Å². The summed E-state index contributed by atoms with van der Waals surface area (Å²) in [6, 6.07) is 3.19. The number of hydrogen-bond donors (Lipinski definition) is 1. The summed E-state index contributed by atoms with van der Waals surface area (Å²) < 4.78 is 0. The Hall–Kier alpha value is -1.75. The van der Waals surface area contributed by atoms with Crippen LogP contribution in [-0.2, 0) is 0 Å². The van der Waals surface area contributed by atoms with E-state index in [0.29, 0.717) is 15.1 Å². The average Bonchev–Trinajstić information content (AvgIpc) is 2.59. The van der Waals surface area contributed by atoms with Crippen molar-refractivity contribution < 1.29 is 14.7 Å². The van der Waals surface area contributed by atoms with Crippen molar-refractivity contribution in [2.45, 2.75) is 6.92 Å². The summed E-state index contributed by atoms with van der Waals surface area (Å²) in [5.41, 5.74) is 0.135. The maximum Gasteiger partial charge on any atom is 0.337 e. The third-order valence-corrected chi connectivity index (χ3v) is 3.13. The number of carbonyl (C=O) groups excluding carboxylic acids is 1. The molecule has 2 aromatic heterocycles. The number of carbonyl (C=O) groups is 2. The smallest absolute Gasteiger partial charge is 0.337 e. The third kappa shape index (κ3) is 1.73.